The highest BCUT2D eigenvalue weighted by Crippen LogP contribution is 2.46. The molecule has 0 aliphatic carbocycles. The molecule has 1 amide bonds. The van der Waals surface area contributed by atoms with Crippen molar-refractivity contribution in [1.82, 2.24) is 9.88 Å². The van der Waals surface area contributed by atoms with Crippen molar-refractivity contribution in [2.75, 3.05) is 17.6 Å². The molecule has 134 valence electrons. The van der Waals surface area contributed by atoms with E-state index in [4.69, 9.17) is 0 Å². The quantitative estimate of drug-likeness (QED) is 0.268. The van der Waals surface area contributed by atoms with Crippen LogP contribution in [0, 0.1) is 5.92 Å². The van der Waals surface area contributed by atoms with E-state index in [1.165, 1.54) is 28.0 Å². The molecule has 8 nitrogen and oxygen atoms in total. The van der Waals surface area contributed by atoms with Crippen molar-refractivity contribution in [2.45, 2.75) is 25.5 Å². The number of carbonyl (C=O) groups excluding carboxylic acids is 1. The molecule has 1 saturated heterocycles. The molecule has 2 aliphatic heterocycles. The van der Waals surface area contributed by atoms with E-state index in [-0.39, 0.29) is 17.6 Å². The highest BCUT2D eigenvalue weighted by molar-refractivity contribution is 8.03. The largest absolute Gasteiger partial charge is 0.477 e. The number of carboxylic acids is 1. The summed E-state index contributed by atoms with van der Waals surface area (Å²) in [5.41, 5.74) is 1.78. The predicted molar refractivity (Wildman–Crippen MR) is 96.6 cm³/mol. The molecule has 1 fully saturated rings. The highest BCUT2D eigenvalue weighted by atomic mass is 32.2. The molecular formula is C15H18N4O4S2. The predicted octanol–water partition coefficient (Wildman–Crippen LogP) is 1.22. The van der Waals surface area contributed by atoms with Crippen LogP contribution >= 0.6 is 23.1 Å². The van der Waals surface area contributed by atoms with Crippen LogP contribution in [-0.2, 0) is 9.59 Å². The number of aliphatic imine (C=N–C) groups is 1. The number of nitrogens with zero attached hydrogens (tertiary/aromatic N) is 3. The van der Waals surface area contributed by atoms with E-state index in [0.29, 0.717) is 23.6 Å². The number of aliphatic carboxylic acids is 1. The number of hydrogen-bond donors (Lipinski definition) is 3. The zero-order valence-corrected chi connectivity index (χ0v) is 15.1. The Morgan fingerprint density at radius 2 is 2.48 bits per heavy atom. The molecule has 0 bridgehead atoms. The Hall–Kier alpha value is -1.91. The molecule has 10 heteroatoms. The van der Waals surface area contributed by atoms with E-state index in [9.17, 15) is 19.8 Å². The number of thioether (sulfide) groups is 1. The second-order valence-electron chi connectivity index (χ2n) is 5.72. The van der Waals surface area contributed by atoms with Gasteiger partial charge in [-0.15, -0.1) is 23.1 Å². The molecule has 0 aromatic carbocycles. The van der Waals surface area contributed by atoms with Gasteiger partial charge in [-0.25, -0.2) is 9.78 Å². The first kappa shape index (κ1) is 17.9. The summed E-state index contributed by atoms with van der Waals surface area (Å²) in [5, 5.41) is 23.9. The van der Waals surface area contributed by atoms with Crippen LogP contribution in [0.3, 0.4) is 0 Å². The van der Waals surface area contributed by atoms with Crippen LogP contribution in [0.1, 0.15) is 13.3 Å². The number of thiazole rings is 1. The minimum atomic E-state index is -1.10. The fourth-order valence-electron chi connectivity index (χ4n) is 3.04. The molecule has 3 atom stereocenters. The number of aliphatic hydroxyl groups is 1. The van der Waals surface area contributed by atoms with Crippen LogP contribution in [0.15, 0.2) is 26.5 Å². The molecule has 0 radical (unpaired) electrons. The summed E-state index contributed by atoms with van der Waals surface area (Å²) in [4.78, 5) is 33.9. The molecule has 1 aromatic heterocycles. The monoisotopic (exact) mass is 382 g/mol. The lowest BCUT2D eigenvalue weighted by molar-refractivity contribution is -0.161. The van der Waals surface area contributed by atoms with E-state index in [0.717, 1.165) is 5.82 Å². The summed E-state index contributed by atoms with van der Waals surface area (Å²) in [6.07, 6.45) is 1.28. The van der Waals surface area contributed by atoms with Crippen molar-refractivity contribution < 1.29 is 19.8 Å². The van der Waals surface area contributed by atoms with Gasteiger partial charge < -0.3 is 20.4 Å². The second kappa shape index (κ2) is 7.54. The Labute approximate surface area is 152 Å². The zero-order valence-electron chi connectivity index (χ0n) is 13.5. The van der Waals surface area contributed by atoms with E-state index < -0.39 is 18.0 Å². The van der Waals surface area contributed by atoms with E-state index >= 15 is 0 Å². The molecule has 3 rings (SSSR count). The first-order valence-electron chi connectivity index (χ1n) is 7.74. The van der Waals surface area contributed by atoms with Gasteiger partial charge in [0.1, 0.15) is 11.5 Å². The summed E-state index contributed by atoms with van der Waals surface area (Å²) >= 11 is 2.88. The van der Waals surface area contributed by atoms with Gasteiger partial charge in [0.15, 0.2) is 0 Å². The SMILES string of the molecule is C[C@@H](O)[C@H]1C(=O)N2C(C(=O)O)=C(SCCN=CNc3cscn3)C[C@H]12. The van der Waals surface area contributed by atoms with Crippen LogP contribution in [0.4, 0.5) is 5.82 Å². The minimum Gasteiger partial charge on any atom is -0.477 e. The number of rotatable bonds is 8. The third-order valence-electron chi connectivity index (χ3n) is 4.12. The Morgan fingerprint density at radius 3 is 3.12 bits per heavy atom. The summed E-state index contributed by atoms with van der Waals surface area (Å²) in [6.45, 7) is 2.08. The Balaban J connectivity index is 1.54. The number of carboxylic acid groups (broad SMARTS) is 1. The number of aliphatic hydroxyl groups excluding tert-OH is 1. The van der Waals surface area contributed by atoms with Gasteiger partial charge in [-0.1, -0.05) is 0 Å². The Kier molecular flexibility index (Phi) is 5.40. The summed E-state index contributed by atoms with van der Waals surface area (Å²) < 4.78 is 0. The van der Waals surface area contributed by atoms with Gasteiger partial charge in [-0.3, -0.25) is 9.79 Å². The molecule has 0 spiro atoms. The van der Waals surface area contributed by atoms with E-state index in [1.807, 2.05) is 5.38 Å². The van der Waals surface area contributed by atoms with Crippen LogP contribution in [0.2, 0.25) is 0 Å². The van der Waals surface area contributed by atoms with Gasteiger partial charge in [-0.05, 0) is 6.92 Å². The fraction of sp³-hybridized carbons (Fsp3) is 0.467. The smallest absolute Gasteiger partial charge is 0.353 e. The standard InChI is InChI=1S/C15H18N4O4S2/c1-8(20)12-9-4-10(13(15(22)23)19(9)14(12)21)25-3-2-16-6-17-11-5-24-7-18-11/h5-9,12,20H,2-4H2,1H3,(H,16,17)(H,22,23)/t8-,9-,12-/m1/s1. The number of carbonyl (C=O) groups is 2. The number of anilines is 1. The van der Waals surface area contributed by atoms with Gasteiger partial charge in [0, 0.05) is 22.5 Å². The lowest BCUT2D eigenvalue weighted by Gasteiger charge is -2.44. The molecular weight excluding hydrogens is 364 g/mol. The molecule has 25 heavy (non-hydrogen) atoms. The molecule has 1 aromatic rings. The topological polar surface area (TPSA) is 115 Å². The van der Waals surface area contributed by atoms with Crippen molar-refractivity contribution in [3.63, 3.8) is 0 Å². The van der Waals surface area contributed by atoms with Gasteiger partial charge in [0.25, 0.3) is 0 Å². The highest BCUT2D eigenvalue weighted by Gasteiger charge is 2.56. The van der Waals surface area contributed by atoms with Crippen molar-refractivity contribution in [1.29, 1.82) is 0 Å². The molecule has 0 saturated carbocycles. The van der Waals surface area contributed by atoms with E-state index in [2.05, 4.69) is 15.3 Å². The van der Waals surface area contributed by atoms with Crippen LogP contribution in [-0.4, -0.2) is 62.8 Å². The van der Waals surface area contributed by atoms with Gasteiger partial charge in [0.05, 0.1) is 36.5 Å². The zero-order chi connectivity index (χ0) is 18.0. The summed E-state index contributed by atoms with van der Waals surface area (Å²) in [7, 11) is 0. The number of amides is 1. The summed E-state index contributed by atoms with van der Waals surface area (Å²) in [6, 6.07) is -0.240. The Morgan fingerprint density at radius 1 is 1.68 bits per heavy atom. The third-order valence-corrected chi connectivity index (χ3v) is 5.80. The number of fused-ring (bicyclic) bond motifs is 1. The normalized spacial score (nSPS) is 23.8. The van der Waals surface area contributed by atoms with Crippen molar-refractivity contribution >= 4 is 47.1 Å². The molecule has 0 unspecified atom stereocenters. The minimum absolute atomic E-state index is 0.0569. The van der Waals surface area contributed by atoms with Crippen LogP contribution < -0.4 is 5.32 Å². The molecule has 3 N–H and O–H groups in total. The Bertz CT molecular complexity index is 717. The number of hydrogen-bond acceptors (Lipinski definition) is 7. The van der Waals surface area contributed by atoms with Gasteiger partial charge in [-0.2, -0.15) is 0 Å². The fourth-order valence-corrected chi connectivity index (χ4v) is 4.59. The maximum absolute atomic E-state index is 12.1. The van der Waals surface area contributed by atoms with Crippen LogP contribution in [0.5, 0.6) is 0 Å². The van der Waals surface area contributed by atoms with Crippen molar-refractivity contribution in [3.05, 3.63) is 21.5 Å². The average Bonchev–Trinajstić information content (AvgIpc) is 3.16. The van der Waals surface area contributed by atoms with Crippen molar-refractivity contribution in [3.8, 4) is 0 Å². The average molecular weight is 382 g/mol. The maximum atomic E-state index is 12.1. The van der Waals surface area contributed by atoms with Gasteiger partial charge in [0.2, 0.25) is 5.91 Å². The number of β-lactam (4-membered cyclic amide) rings is 1. The lowest BCUT2D eigenvalue weighted by atomic mass is 9.83. The van der Waals surface area contributed by atoms with E-state index in [1.54, 1.807) is 18.8 Å². The number of nitrogens with one attached hydrogen (secondary N) is 1. The summed E-state index contributed by atoms with van der Waals surface area (Å²) in [5.74, 6) is -0.572. The first-order valence-corrected chi connectivity index (χ1v) is 9.67. The van der Waals surface area contributed by atoms with Gasteiger partial charge >= 0.3 is 5.97 Å². The number of aromatic nitrogens is 1. The first-order chi connectivity index (χ1) is 12.0. The molecule has 2 aliphatic rings. The maximum Gasteiger partial charge on any atom is 0.353 e. The third kappa shape index (κ3) is 3.55. The second-order valence-corrected chi connectivity index (χ2v) is 7.63. The lowest BCUT2D eigenvalue weighted by Crippen LogP contribution is -2.61. The van der Waals surface area contributed by atoms with Crippen molar-refractivity contribution in [2.24, 2.45) is 10.9 Å². The van der Waals surface area contributed by atoms with Crippen LogP contribution in [0.25, 0.3) is 0 Å². The molecule has 3 heterocycles.